The summed E-state index contributed by atoms with van der Waals surface area (Å²) in [7, 11) is 0. The zero-order valence-electron chi connectivity index (χ0n) is 9.85. The van der Waals surface area contributed by atoms with Gasteiger partial charge in [-0.25, -0.2) is 0 Å². The summed E-state index contributed by atoms with van der Waals surface area (Å²) in [6.45, 7) is 2.14. The summed E-state index contributed by atoms with van der Waals surface area (Å²) in [5, 5.41) is 3.44. The van der Waals surface area contributed by atoms with Crippen molar-refractivity contribution in [1.82, 2.24) is 0 Å². The Balaban J connectivity index is 2.13. The Morgan fingerprint density at radius 1 is 1.06 bits per heavy atom. The third-order valence-electron chi connectivity index (χ3n) is 2.71. The van der Waals surface area contributed by atoms with Gasteiger partial charge in [-0.1, -0.05) is 42.3 Å². The van der Waals surface area contributed by atoms with Crippen LogP contribution in [0.3, 0.4) is 0 Å². The fraction of sp³-hybridized carbons (Fsp3) is 0.125. The average Bonchev–Trinajstić information content (AvgIpc) is 2.40. The number of hydrogen-bond donors (Lipinski definition) is 1. The molecule has 0 spiro atoms. The number of rotatable bonds is 3. The van der Waals surface area contributed by atoms with E-state index in [2.05, 4.69) is 30.3 Å². The van der Waals surface area contributed by atoms with Gasteiger partial charge in [0, 0.05) is 17.3 Å². The first kappa shape index (κ1) is 11.3. The first-order valence-electron chi connectivity index (χ1n) is 5.68. The van der Waals surface area contributed by atoms with E-state index >= 15 is 0 Å². The lowest BCUT2D eigenvalue weighted by Gasteiger charge is -2.15. The lowest BCUT2D eigenvalue weighted by Crippen LogP contribution is -2.06. The smallest absolute Gasteiger partial charge is 0.0485 e. The van der Waals surface area contributed by atoms with Crippen LogP contribution < -0.4 is 5.32 Å². The van der Waals surface area contributed by atoms with E-state index in [0.29, 0.717) is 0 Å². The fourth-order valence-corrected chi connectivity index (χ4v) is 1.77. The minimum absolute atomic E-state index is 0.268. The second-order valence-electron chi connectivity index (χ2n) is 4.00. The molecule has 0 aliphatic heterocycles. The highest BCUT2D eigenvalue weighted by Crippen LogP contribution is 2.19. The van der Waals surface area contributed by atoms with Crippen LogP contribution in [0, 0.1) is 12.3 Å². The summed E-state index contributed by atoms with van der Waals surface area (Å²) in [5.74, 6) is 2.64. The lowest BCUT2D eigenvalue weighted by molar-refractivity contribution is 0.885. The van der Waals surface area contributed by atoms with E-state index in [1.165, 1.54) is 5.56 Å². The van der Waals surface area contributed by atoms with Gasteiger partial charge in [0.1, 0.15) is 0 Å². The van der Waals surface area contributed by atoms with Crippen molar-refractivity contribution in [2.45, 2.75) is 13.0 Å². The van der Waals surface area contributed by atoms with Crippen LogP contribution in [0.15, 0.2) is 54.6 Å². The molecule has 2 aromatic carbocycles. The minimum atomic E-state index is 0.268. The van der Waals surface area contributed by atoms with Gasteiger partial charge >= 0.3 is 0 Å². The van der Waals surface area contributed by atoms with Crippen molar-refractivity contribution in [2.75, 3.05) is 5.32 Å². The molecule has 0 aliphatic rings. The van der Waals surface area contributed by atoms with Crippen LogP contribution in [0.5, 0.6) is 0 Å². The first-order chi connectivity index (χ1) is 8.29. The predicted molar refractivity (Wildman–Crippen MR) is 72.9 cm³/mol. The van der Waals surface area contributed by atoms with Crippen LogP contribution >= 0.6 is 0 Å². The standard InChI is InChI=1S/C16H15N/c1-3-14-8-7-11-16(12-14)17-13(2)15-9-5-4-6-10-15/h1,4-13,17H,2H3/t13-/m1/s1. The first-order valence-corrected chi connectivity index (χ1v) is 5.68. The predicted octanol–water partition coefficient (Wildman–Crippen LogP) is 3.84. The van der Waals surface area contributed by atoms with Gasteiger partial charge in [-0.2, -0.15) is 0 Å². The summed E-state index contributed by atoms with van der Waals surface area (Å²) >= 11 is 0. The van der Waals surface area contributed by atoms with Gasteiger partial charge in [0.25, 0.3) is 0 Å². The normalized spacial score (nSPS) is 11.5. The van der Waals surface area contributed by atoms with E-state index in [4.69, 9.17) is 6.42 Å². The van der Waals surface area contributed by atoms with Gasteiger partial charge in [0.05, 0.1) is 0 Å². The summed E-state index contributed by atoms with van der Waals surface area (Å²) in [6, 6.07) is 18.5. The van der Waals surface area contributed by atoms with Crippen molar-refractivity contribution in [3.8, 4) is 12.3 Å². The van der Waals surface area contributed by atoms with Crippen molar-refractivity contribution in [2.24, 2.45) is 0 Å². The molecule has 84 valence electrons. The van der Waals surface area contributed by atoms with Crippen LogP contribution in [-0.2, 0) is 0 Å². The van der Waals surface area contributed by atoms with Crippen LogP contribution in [0.1, 0.15) is 24.1 Å². The fourth-order valence-electron chi connectivity index (χ4n) is 1.77. The monoisotopic (exact) mass is 221 g/mol. The summed E-state index contributed by atoms with van der Waals surface area (Å²) in [6.07, 6.45) is 5.38. The summed E-state index contributed by atoms with van der Waals surface area (Å²) < 4.78 is 0. The molecule has 2 aromatic rings. The molecule has 17 heavy (non-hydrogen) atoms. The van der Waals surface area contributed by atoms with E-state index in [-0.39, 0.29) is 6.04 Å². The lowest BCUT2D eigenvalue weighted by atomic mass is 10.1. The highest BCUT2D eigenvalue weighted by atomic mass is 14.9. The molecule has 0 aliphatic carbocycles. The van der Waals surface area contributed by atoms with Crippen LogP contribution in [0.2, 0.25) is 0 Å². The number of hydrogen-bond acceptors (Lipinski definition) is 1. The molecule has 1 atom stereocenters. The van der Waals surface area contributed by atoms with Crippen molar-refractivity contribution in [3.05, 3.63) is 65.7 Å². The maximum Gasteiger partial charge on any atom is 0.0485 e. The molecule has 1 N–H and O–H groups in total. The molecule has 0 saturated heterocycles. The number of anilines is 1. The average molecular weight is 221 g/mol. The van der Waals surface area contributed by atoms with Gasteiger partial charge in [0.15, 0.2) is 0 Å². The van der Waals surface area contributed by atoms with Gasteiger partial charge < -0.3 is 5.32 Å². The Kier molecular flexibility index (Phi) is 3.47. The molecule has 0 bridgehead atoms. The van der Waals surface area contributed by atoms with E-state index < -0.39 is 0 Å². The highest BCUT2D eigenvalue weighted by Gasteiger charge is 2.04. The zero-order chi connectivity index (χ0) is 12.1. The van der Waals surface area contributed by atoms with Crippen molar-refractivity contribution in [3.63, 3.8) is 0 Å². The molecule has 0 radical (unpaired) electrons. The molecular formula is C16H15N. The van der Waals surface area contributed by atoms with Crippen molar-refractivity contribution >= 4 is 5.69 Å². The molecule has 0 aromatic heterocycles. The Bertz CT molecular complexity index is 523. The van der Waals surface area contributed by atoms with E-state index in [9.17, 15) is 0 Å². The molecule has 0 unspecified atom stereocenters. The Hall–Kier alpha value is -2.20. The zero-order valence-corrected chi connectivity index (χ0v) is 9.85. The molecule has 2 rings (SSSR count). The number of terminal acetylenes is 1. The van der Waals surface area contributed by atoms with Gasteiger partial charge in [-0.3, -0.25) is 0 Å². The molecule has 1 nitrogen and oxygen atoms in total. The molecule has 0 saturated carbocycles. The number of benzene rings is 2. The number of nitrogens with one attached hydrogen (secondary N) is 1. The van der Waals surface area contributed by atoms with Crippen LogP contribution in [-0.4, -0.2) is 0 Å². The second kappa shape index (κ2) is 5.23. The Labute approximate surface area is 102 Å². The SMILES string of the molecule is C#Cc1cccc(N[C@H](C)c2ccccc2)c1. The van der Waals surface area contributed by atoms with Crippen LogP contribution in [0.25, 0.3) is 0 Å². The third kappa shape index (κ3) is 2.89. The quantitative estimate of drug-likeness (QED) is 0.776. The summed E-state index contributed by atoms with van der Waals surface area (Å²) in [4.78, 5) is 0. The van der Waals surface area contributed by atoms with Crippen molar-refractivity contribution < 1.29 is 0 Å². The van der Waals surface area contributed by atoms with Gasteiger partial charge in [-0.15, -0.1) is 6.42 Å². The summed E-state index contributed by atoms with van der Waals surface area (Å²) in [5.41, 5.74) is 3.21. The van der Waals surface area contributed by atoms with Gasteiger partial charge in [-0.05, 0) is 30.7 Å². The maximum atomic E-state index is 5.38. The third-order valence-corrected chi connectivity index (χ3v) is 2.71. The van der Waals surface area contributed by atoms with Crippen LogP contribution in [0.4, 0.5) is 5.69 Å². The molecular weight excluding hydrogens is 206 g/mol. The molecule has 0 heterocycles. The molecule has 1 heteroatoms. The second-order valence-corrected chi connectivity index (χ2v) is 4.00. The highest BCUT2D eigenvalue weighted by molar-refractivity contribution is 5.51. The maximum absolute atomic E-state index is 5.38. The van der Waals surface area contributed by atoms with Crippen molar-refractivity contribution in [1.29, 1.82) is 0 Å². The topological polar surface area (TPSA) is 12.0 Å². The molecule has 0 amide bonds. The Morgan fingerprint density at radius 3 is 2.53 bits per heavy atom. The minimum Gasteiger partial charge on any atom is -0.378 e. The van der Waals surface area contributed by atoms with E-state index in [1.807, 2.05) is 42.5 Å². The molecule has 0 fully saturated rings. The van der Waals surface area contributed by atoms with Gasteiger partial charge in [0.2, 0.25) is 0 Å². The van der Waals surface area contributed by atoms with E-state index in [0.717, 1.165) is 11.3 Å². The van der Waals surface area contributed by atoms with E-state index in [1.54, 1.807) is 0 Å². The Morgan fingerprint density at radius 2 is 1.82 bits per heavy atom. The largest absolute Gasteiger partial charge is 0.378 e.